The molecule has 1 aliphatic rings. The summed E-state index contributed by atoms with van der Waals surface area (Å²) in [6.07, 6.45) is -4.54. The maximum absolute atomic E-state index is 12.3. The Hall–Kier alpha value is -1.43. The molecule has 0 saturated carbocycles. The lowest BCUT2D eigenvalue weighted by molar-refractivity contribution is -0.136. The van der Waals surface area contributed by atoms with E-state index in [0.717, 1.165) is 5.69 Å². The molecule has 1 atom stereocenters. The normalized spacial score (nSPS) is 22.5. The lowest BCUT2D eigenvalue weighted by Gasteiger charge is -2.36. The number of nitrogens with zero attached hydrogens (tertiary/aromatic N) is 2. The van der Waals surface area contributed by atoms with E-state index in [2.05, 4.69) is 4.99 Å². The van der Waals surface area contributed by atoms with Crippen LogP contribution in [0.15, 0.2) is 29.3 Å². The molecule has 0 saturated heterocycles. The number of hydrogen-bond donors (Lipinski definition) is 1. The van der Waals surface area contributed by atoms with Crippen LogP contribution < -0.4 is 10.6 Å². The largest absolute Gasteiger partial charge is 0.389 e. The van der Waals surface area contributed by atoms with Gasteiger partial charge in [0.1, 0.15) is 0 Å². The van der Waals surface area contributed by atoms with Crippen LogP contribution in [0.4, 0.5) is 18.9 Å². The summed E-state index contributed by atoms with van der Waals surface area (Å²) >= 11 is 5.97. The Morgan fingerprint density at radius 3 is 2.76 bits per heavy atom. The van der Waals surface area contributed by atoms with Crippen molar-refractivity contribution in [2.45, 2.75) is 37.9 Å². The van der Waals surface area contributed by atoms with Crippen LogP contribution in [0, 0.1) is 0 Å². The van der Waals surface area contributed by atoms with E-state index >= 15 is 0 Å². The standard InChI is InChI=1S/C14H17ClF3N3/c1-13(6-3-7-14(16,17)18)9-20-12(19)21(13)11-5-2-4-10(15)8-11/h2,4-5,8H,3,6-7,9H2,1H3,(H2,19,20). The molecule has 1 aliphatic heterocycles. The van der Waals surface area contributed by atoms with Gasteiger partial charge in [0.25, 0.3) is 0 Å². The fourth-order valence-corrected chi connectivity index (χ4v) is 2.77. The number of guanidine groups is 1. The Morgan fingerprint density at radius 2 is 2.14 bits per heavy atom. The van der Waals surface area contributed by atoms with E-state index in [0.29, 0.717) is 23.9 Å². The highest BCUT2D eigenvalue weighted by Crippen LogP contribution is 2.35. The summed E-state index contributed by atoms with van der Waals surface area (Å²) < 4.78 is 37.0. The van der Waals surface area contributed by atoms with E-state index < -0.39 is 18.1 Å². The first-order chi connectivity index (χ1) is 9.71. The number of halogens is 4. The zero-order valence-corrected chi connectivity index (χ0v) is 12.4. The molecule has 0 bridgehead atoms. The second kappa shape index (κ2) is 5.75. The van der Waals surface area contributed by atoms with Gasteiger partial charge in [0.2, 0.25) is 0 Å². The van der Waals surface area contributed by atoms with Crippen LogP contribution >= 0.6 is 11.6 Å². The first-order valence-corrected chi connectivity index (χ1v) is 7.02. The number of alkyl halides is 3. The monoisotopic (exact) mass is 319 g/mol. The van der Waals surface area contributed by atoms with Gasteiger partial charge in [0.15, 0.2) is 5.96 Å². The number of aliphatic imine (C=N–C) groups is 1. The molecule has 0 radical (unpaired) electrons. The highest BCUT2D eigenvalue weighted by atomic mass is 35.5. The van der Waals surface area contributed by atoms with Gasteiger partial charge >= 0.3 is 6.18 Å². The highest BCUT2D eigenvalue weighted by Gasteiger charge is 2.39. The smallest absolute Gasteiger partial charge is 0.369 e. The minimum atomic E-state index is -4.14. The molecule has 1 heterocycles. The van der Waals surface area contributed by atoms with Gasteiger partial charge in [0.05, 0.1) is 12.1 Å². The first-order valence-electron chi connectivity index (χ1n) is 6.64. The molecule has 21 heavy (non-hydrogen) atoms. The summed E-state index contributed by atoms with van der Waals surface area (Å²) in [5.41, 5.74) is 6.10. The zero-order chi connectivity index (χ0) is 15.7. The third-order valence-electron chi connectivity index (χ3n) is 3.59. The summed E-state index contributed by atoms with van der Waals surface area (Å²) in [7, 11) is 0. The van der Waals surface area contributed by atoms with Crippen molar-refractivity contribution in [1.82, 2.24) is 0 Å². The van der Waals surface area contributed by atoms with Crippen molar-refractivity contribution in [2.75, 3.05) is 11.4 Å². The van der Waals surface area contributed by atoms with E-state index in [1.807, 2.05) is 13.0 Å². The van der Waals surface area contributed by atoms with Gasteiger partial charge in [-0.1, -0.05) is 17.7 Å². The predicted molar refractivity (Wildman–Crippen MR) is 78.7 cm³/mol. The van der Waals surface area contributed by atoms with Crippen LogP contribution in [0.25, 0.3) is 0 Å². The number of rotatable bonds is 4. The molecule has 1 unspecified atom stereocenters. The van der Waals surface area contributed by atoms with Crippen molar-refractivity contribution < 1.29 is 13.2 Å². The van der Waals surface area contributed by atoms with E-state index in [1.165, 1.54) is 0 Å². The van der Waals surface area contributed by atoms with Gasteiger partial charge in [-0.2, -0.15) is 13.2 Å². The Labute approximate surface area is 126 Å². The Bertz CT molecular complexity index is 545. The molecule has 0 amide bonds. The summed E-state index contributed by atoms with van der Waals surface area (Å²) in [4.78, 5) is 5.96. The molecule has 2 rings (SSSR count). The molecule has 0 fully saturated rings. The predicted octanol–water partition coefficient (Wildman–Crippen LogP) is 3.97. The van der Waals surface area contributed by atoms with Crippen LogP contribution in [0.3, 0.4) is 0 Å². The second-order valence-electron chi connectivity index (χ2n) is 5.46. The van der Waals surface area contributed by atoms with Crippen molar-refractivity contribution in [3.8, 4) is 0 Å². The van der Waals surface area contributed by atoms with Crippen molar-refractivity contribution >= 4 is 23.2 Å². The minimum absolute atomic E-state index is 0.0415. The van der Waals surface area contributed by atoms with Crippen LogP contribution in [0.5, 0.6) is 0 Å². The Kier molecular flexibility index (Phi) is 4.37. The quantitative estimate of drug-likeness (QED) is 0.912. The average Bonchev–Trinajstić information content (AvgIpc) is 2.64. The molecule has 0 aromatic heterocycles. The van der Waals surface area contributed by atoms with Gasteiger partial charge in [-0.15, -0.1) is 0 Å². The van der Waals surface area contributed by atoms with Crippen LogP contribution in [-0.2, 0) is 0 Å². The van der Waals surface area contributed by atoms with E-state index in [-0.39, 0.29) is 6.42 Å². The molecular formula is C14H17ClF3N3. The minimum Gasteiger partial charge on any atom is -0.369 e. The van der Waals surface area contributed by atoms with Gasteiger partial charge in [-0.05, 0) is 38.0 Å². The Balaban J connectivity index is 2.15. The summed E-state index contributed by atoms with van der Waals surface area (Å²) in [5, 5.41) is 0.546. The lowest BCUT2D eigenvalue weighted by atomic mass is 9.93. The topological polar surface area (TPSA) is 41.6 Å². The van der Waals surface area contributed by atoms with E-state index in [1.54, 1.807) is 23.1 Å². The van der Waals surface area contributed by atoms with Crippen molar-refractivity contribution in [3.63, 3.8) is 0 Å². The van der Waals surface area contributed by atoms with Crippen molar-refractivity contribution in [2.24, 2.45) is 10.7 Å². The average molecular weight is 320 g/mol. The number of nitrogens with two attached hydrogens (primary N) is 1. The molecule has 0 aliphatic carbocycles. The van der Waals surface area contributed by atoms with Crippen molar-refractivity contribution in [1.29, 1.82) is 0 Å². The molecule has 2 N–H and O–H groups in total. The van der Waals surface area contributed by atoms with Crippen LogP contribution in [0.2, 0.25) is 5.02 Å². The van der Waals surface area contributed by atoms with Gasteiger partial charge in [-0.25, -0.2) is 0 Å². The third-order valence-corrected chi connectivity index (χ3v) is 3.83. The maximum atomic E-state index is 12.3. The van der Waals surface area contributed by atoms with Crippen LogP contribution in [-0.4, -0.2) is 24.2 Å². The zero-order valence-electron chi connectivity index (χ0n) is 11.6. The molecule has 3 nitrogen and oxygen atoms in total. The number of anilines is 1. The fraction of sp³-hybridized carbons (Fsp3) is 0.500. The second-order valence-corrected chi connectivity index (χ2v) is 5.89. The van der Waals surface area contributed by atoms with E-state index in [9.17, 15) is 13.2 Å². The van der Waals surface area contributed by atoms with Gasteiger partial charge in [0, 0.05) is 17.1 Å². The van der Waals surface area contributed by atoms with Crippen molar-refractivity contribution in [3.05, 3.63) is 29.3 Å². The summed E-state index contributed by atoms with van der Waals surface area (Å²) in [6, 6.07) is 7.06. The number of benzene rings is 1. The molecule has 7 heteroatoms. The third kappa shape index (κ3) is 3.81. The first kappa shape index (κ1) is 15.9. The van der Waals surface area contributed by atoms with Crippen LogP contribution in [0.1, 0.15) is 26.2 Å². The Morgan fingerprint density at radius 1 is 1.43 bits per heavy atom. The number of hydrogen-bond acceptors (Lipinski definition) is 3. The lowest BCUT2D eigenvalue weighted by Crippen LogP contribution is -2.50. The molecule has 1 aromatic carbocycles. The summed E-state index contributed by atoms with van der Waals surface area (Å²) in [6.45, 7) is 2.25. The fourth-order valence-electron chi connectivity index (χ4n) is 2.59. The van der Waals surface area contributed by atoms with Gasteiger partial charge in [-0.3, -0.25) is 4.99 Å². The van der Waals surface area contributed by atoms with E-state index in [4.69, 9.17) is 17.3 Å². The molecule has 0 spiro atoms. The maximum Gasteiger partial charge on any atom is 0.389 e. The molecular weight excluding hydrogens is 303 g/mol. The molecule has 1 aromatic rings. The van der Waals surface area contributed by atoms with Gasteiger partial charge < -0.3 is 10.6 Å². The summed E-state index contributed by atoms with van der Waals surface area (Å²) in [5.74, 6) is 0.312. The SMILES string of the molecule is CC1(CCCC(F)(F)F)CN=C(N)N1c1cccc(Cl)c1. The highest BCUT2D eigenvalue weighted by molar-refractivity contribution is 6.31. The molecule has 116 valence electrons.